The molecule has 0 saturated heterocycles. The summed E-state index contributed by atoms with van der Waals surface area (Å²) in [7, 11) is 0. The van der Waals surface area contributed by atoms with Crippen molar-refractivity contribution < 1.29 is 19.9 Å². The number of amides is 3. The number of hydroxylamine groups is 1. The molecule has 0 unspecified atom stereocenters. The van der Waals surface area contributed by atoms with Gasteiger partial charge >= 0.3 is 6.03 Å². The molecule has 27 heavy (non-hydrogen) atoms. The zero-order valence-electron chi connectivity index (χ0n) is 14.8. The molecule has 0 fully saturated rings. The maximum atomic E-state index is 11.9. The summed E-state index contributed by atoms with van der Waals surface area (Å²) < 4.78 is 0. The van der Waals surface area contributed by atoms with Crippen LogP contribution in [0.5, 0.6) is 0 Å². The standard InChI is InChI=1S/C20H21N3O4/c1-14(24)18(19(25)23-27)22-20(26)21-13-17-9-5-8-16(12-17)11-10-15-6-3-2-4-7-15/h2-9,12,14,18,24,27H,13H2,1H3,(H,23,25)(H2,21,22,26)/t14-,18+/m1/s1. The van der Waals surface area contributed by atoms with Gasteiger partial charge in [0.15, 0.2) is 0 Å². The van der Waals surface area contributed by atoms with Gasteiger partial charge in [0.1, 0.15) is 6.04 Å². The zero-order chi connectivity index (χ0) is 19.6. The van der Waals surface area contributed by atoms with Crippen LogP contribution in [0.25, 0.3) is 0 Å². The maximum absolute atomic E-state index is 11.9. The molecule has 0 radical (unpaired) electrons. The number of carbonyl (C=O) groups excluding carboxylic acids is 2. The molecule has 7 heteroatoms. The summed E-state index contributed by atoms with van der Waals surface area (Å²) in [6.07, 6.45) is -1.17. The van der Waals surface area contributed by atoms with Crippen LogP contribution in [0.15, 0.2) is 54.6 Å². The quantitative estimate of drug-likeness (QED) is 0.310. The molecule has 2 aromatic rings. The van der Waals surface area contributed by atoms with Crippen LogP contribution in [0.1, 0.15) is 23.6 Å². The van der Waals surface area contributed by atoms with Gasteiger partial charge in [-0.1, -0.05) is 42.2 Å². The molecule has 0 aliphatic carbocycles. The highest BCUT2D eigenvalue weighted by atomic mass is 16.5. The van der Waals surface area contributed by atoms with Crippen molar-refractivity contribution in [1.82, 2.24) is 16.1 Å². The second-order valence-electron chi connectivity index (χ2n) is 5.84. The van der Waals surface area contributed by atoms with E-state index in [4.69, 9.17) is 5.21 Å². The summed E-state index contributed by atoms with van der Waals surface area (Å²) >= 11 is 0. The summed E-state index contributed by atoms with van der Waals surface area (Å²) in [6.45, 7) is 1.54. The van der Waals surface area contributed by atoms with Crippen LogP contribution in [0.2, 0.25) is 0 Å². The first kappa shape index (κ1) is 20.0. The molecular formula is C20H21N3O4. The highest BCUT2D eigenvalue weighted by Gasteiger charge is 2.25. The predicted molar refractivity (Wildman–Crippen MR) is 99.6 cm³/mol. The second-order valence-corrected chi connectivity index (χ2v) is 5.84. The number of aliphatic hydroxyl groups is 1. The number of urea groups is 1. The van der Waals surface area contributed by atoms with Gasteiger partial charge < -0.3 is 15.7 Å². The molecule has 0 bridgehead atoms. The van der Waals surface area contributed by atoms with Crippen LogP contribution < -0.4 is 16.1 Å². The van der Waals surface area contributed by atoms with Gasteiger partial charge in [-0.3, -0.25) is 10.0 Å². The Morgan fingerprint density at radius 1 is 1.04 bits per heavy atom. The summed E-state index contributed by atoms with van der Waals surface area (Å²) in [5.74, 6) is 5.23. The van der Waals surface area contributed by atoms with Crippen molar-refractivity contribution in [2.45, 2.75) is 25.6 Å². The molecule has 5 N–H and O–H groups in total. The van der Waals surface area contributed by atoms with Crippen LogP contribution >= 0.6 is 0 Å². The lowest BCUT2D eigenvalue weighted by Gasteiger charge is -2.19. The molecule has 0 aromatic heterocycles. The van der Waals surface area contributed by atoms with E-state index in [1.165, 1.54) is 12.4 Å². The van der Waals surface area contributed by atoms with E-state index in [0.717, 1.165) is 16.7 Å². The Labute approximate surface area is 157 Å². The molecule has 140 valence electrons. The van der Waals surface area contributed by atoms with Gasteiger partial charge in [0.25, 0.3) is 5.91 Å². The van der Waals surface area contributed by atoms with Crippen molar-refractivity contribution in [1.29, 1.82) is 0 Å². The van der Waals surface area contributed by atoms with Gasteiger partial charge in [-0.15, -0.1) is 0 Å². The molecule has 7 nitrogen and oxygen atoms in total. The van der Waals surface area contributed by atoms with Gasteiger partial charge in [-0.2, -0.15) is 0 Å². The lowest BCUT2D eigenvalue weighted by atomic mass is 10.1. The van der Waals surface area contributed by atoms with E-state index >= 15 is 0 Å². The second kappa shape index (κ2) is 9.97. The number of aliphatic hydroxyl groups excluding tert-OH is 1. The van der Waals surface area contributed by atoms with Gasteiger partial charge in [0, 0.05) is 17.7 Å². The summed E-state index contributed by atoms with van der Waals surface area (Å²) in [6, 6.07) is 15.1. The highest BCUT2D eigenvalue weighted by molar-refractivity contribution is 5.86. The Morgan fingerprint density at radius 2 is 1.70 bits per heavy atom. The number of carbonyl (C=O) groups is 2. The van der Waals surface area contributed by atoms with Crippen LogP contribution in [0, 0.1) is 11.8 Å². The lowest BCUT2D eigenvalue weighted by Crippen LogP contribution is -2.54. The SMILES string of the molecule is C[C@@H](O)[C@H](NC(=O)NCc1cccc(C#Cc2ccccc2)c1)C(=O)NO. The van der Waals surface area contributed by atoms with Gasteiger partial charge in [-0.05, 0) is 36.8 Å². The molecule has 0 heterocycles. The largest absolute Gasteiger partial charge is 0.391 e. The molecular weight excluding hydrogens is 346 g/mol. The molecule has 2 atom stereocenters. The van der Waals surface area contributed by atoms with Crippen LogP contribution in [-0.4, -0.2) is 34.4 Å². The number of benzene rings is 2. The Bertz CT molecular complexity index is 841. The summed E-state index contributed by atoms with van der Waals surface area (Å²) in [5.41, 5.74) is 3.94. The first-order chi connectivity index (χ1) is 13.0. The van der Waals surface area contributed by atoms with Crippen LogP contribution in [-0.2, 0) is 11.3 Å². The third-order valence-corrected chi connectivity index (χ3v) is 3.67. The Morgan fingerprint density at radius 3 is 2.37 bits per heavy atom. The van der Waals surface area contributed by atoms with Crippen molar-refractivity contribution in [3.63, 3.8) is 0 Å². The smallest absolute Gasteiger partial charge is 0.315 e. The molecule has 3 amide bonds. The predicted octanol–water partition coefficient (Wildman–Crippen LogP) is 1.14. The Balaban J connectivity index is 1.95. The van der Waals surface area contributed by atoms with Crippen molar-refractivity contribution in [2.75, 3.05) is 0 Å². The third kappa shape index (κ3) is 6.47. The summed E-state index contributed by atoms with van der Waals surface area (Å²) in [5, 5.41) is 23.0. The average Bonchev–Trinajstić information content (AvgIpc) is 2.69. The van der Waals surface area contributed by atoms with E-state index in [0.29, 0.717) is 0 Å². The van der Waals surface area contributed by atoms with E-state index < -0.39 is 24.1 Å². The Hall–Kier alpha value is -3.34. The monoisotopic (exact) mass is 367 g/mol. The van der Waals surface area contributed by atoms with Crippen molar-refractivity contribution in [3.8, 4) is 11.8 Å². The molecule has 0 aliphatic heterocycles. The average molecular weight is 367 g/mol. The molecule has 2 rings (SSSR count). The van der Waals surface area contributed by atoms with Crippen molar-refractivity contribution in [3.05, 3.63) is 71.3 Å². The van der Waals surface area contributed by atoms with Gasteiger partial charge in [-0.25, -0.2) is 10.3 Å². The molecule has 0 spiro atoms. The Kier molecular flexibility index (Phi) is 7.37. The first-order valence-corrected chi connectivity index (χ1v) is 8.32. The fourth-order valence-electron chi connectivity index (χ4n) is 2.27. The normalized spacial score (nSPS) is 12.1. The fourth-order valence-corrected chi connectivity index (χ4v) is 2.27. The summed E-state index contributed by atoms with van der Waals surface area (Å²) in [4.78, 5) is 23.3. The topological polar surface area (TPSA) is 111 Å². The minimum atomic E-state index is -1.27. The van der Waals surface area contributed by atoms with Crippen LogP contribution in [0.4, 0.5) is 4.79 Å². The molecule has 0 aliphatic rings. The van der Waals surface area contributed by atoms with E-state index in [9.17, 15) is 14.7 Å². The van der Waals surface area contributed by atoms with E-state index in [2.05, 4.69) is 22.5 Å². The van der Waals surface area contributed by atoms with E-state index in [1.807, 2.05) is 54.6 Å². The third-order valence-electron chi connectivity index (χ3n) is 3.67. The lowest BCUT2D eigenvalue weighted by molar-refractivity contribution is -0.133. The number of rotatable bonds is 5. The van der Waals surface area contributed by atoms with Crippen molar-refractivity contribution in [2.24, 2.45) is 0 Å². The van der Waals surface area contributed by atoms with E-state index in [1.54, 1.807) is 0 Å². The zero-order valence-corrected chi connectivity index (χ0v) is 14.8. The number of nitrogens with one attached hydrogen (secondary N) is 3. The van der Waals surface area contributed by atoms with E-state index in [-0.39, 0.29) is 6.54 Å². The maximum Gasteiger partial charge on any atom is 0.315 e. The van der Waals surface area contributed by atoms with Crippen molar-refractivity contribution >= 4 is 11.9 Å². The fraction of sp³-hybridized carbons (Fsp3) is 0.200. The minimum absolute atomic E-state index is 0.208. The molecule has 0 saturated carbocycles. The number of hydrogen-bond acceptors (Lipinski definition) is 4. The molecule has 2 aromatic carbocycles. The first-order valence-electron chi connectivity index (χ1n) is 8.32. The number of hydrogen-bond donors (Lipinski definition) is 5. The highest BCUT2D eigenvalue weighted by Crippen LogP contribution is 2.05. The van der Waals surface area contributed by atoms with Gasteiger partial charge in [0.05, 0.1) is 6.10 Å². The van der Waals surface area contributed by atoms with Crippen LogP contribution in [0.3, 0.4) is 0 Å². The van der Waals surface area contributed by atoms with Gasteiger partial charge in [0.2, 0.25) is 0 Å². The minimum Gasteiger partial charge on any atom is -0.391 e.